The second kappa shape index (κ2) is 11.1. The van der Waals surface area contributed by atoms with Gasteiger partial charge in [0.15, 0.2) is 0 Å². The van der Waals surface area contributed by atoms with Gasteiger partial charge in [0, 0.05) is 20.4 Å². The quantitative estimate of drug-likeness (QED) is 0.222. The Morgan fingerprint density at radius 2 is 1.67 bits per heavy atom. The molecule has 0 fully saturated rings. The maximum atomic E-state index is 11.8. The lowest BCUT2D eigenvalue weighted by atomic mass is 10.1. The van der Waals surface area contributed by atoms with Gasteiger partial charge in [-0.05, 0) is 20.3 Å². The molecule has 0 aromatic carbocycles. The average molecular weight is 410 g/mol. The molecule has 10 nitrogen and oxygen atoms in total. The van der Waals surface area contributed by atoms with Crippen LogP contribution in [0.3, 0.4) is 0 Å². The minimum absolute atomic E-state index is 0.205. The number of alkyl carbamates (subject to hydrolysis) is 1. The molecule has 0 aliphatic heterocycles. The zero-order valence-electron chi connectivity index (χ0n) is 16.7. The van der Waals surface area contributed by atoms with Crippen LogP contribution in [-0.4, -0.2) is 57.1 Å². The van der Waals surface area contributed by atoms with Crippen LogP contribution in [0.1, 0.15) is 48.0 Å². The molecular weight excluding hydrogens is 380 g/mol. The summed E-state index contributed by atoms with van der Waals surface area (Å²) >= 11 is 0. The van der Waals surface area contributed by atoms with Crippen molar-refractivity contribution in [1.29, 1.82) is 0 Å². The normalized spacial score (nSPS) is 13.0. The topological polar surface area (TPSA) is 137 Å². The number of rotatable bonds is 11. The number of hydrogen-bond acceptors (Lipinski definition) is 8. The van der Waals surface area contributed by atoms with Gasteiger partial charge in [0.05, 0.1) is 23.8 Å². The highest BCUT2D eigenvalue weighted by atomic mass is 32.2. The Morgan fingerprint density at radius 3 is 2.19 bits per heavy atom. The Kier molecular flexibility index (Phi) is 10.3. The van der Waals surface area contributed by atoms with Crippen LogP contribution in [0.4, 0.5) is 4.79 Å². The van der Waals surface area contributed by atoms with Crippen molar-refractivity contribution in [3.63, 3.8) is 0 Å². The van der Waals surface area contributed by atoms with E-state index in [1.54, 1.807) is 27.7 Å². The lowest BCUT2D eigenvalue weighted by Gasteiger charge is -2.26. The summed E-state index contributed by atoms with van der Waals surface area (Å²) < 4.78 is 38.4. The summed E-state index contributed by atoms with van der Waals surface area (Å²) in [5.41, 5.74) is -1.05. The molecule has 0 aromatic rings. The molecule has 2 N–H and O–H groups in total. The Hall–Kier alpha value is -1.88. The third-order valence-corrected chi connectivity index (χ3v) is 4.28. The first-order valence-corrected chi connectivity index (χ1v) is 10.1. The zero-order valence-corrected chi connectivity index (χ0v) is 17.5. The van der Waals surface area contributed by atoms with Crippen LogP contribution in [-0.2, 0) is 33.4 Å². The van der Waals surface area contributed by atoms with Gasteiger partial charge in [-0.15, -0.1) is 0 Å². The maximum absolute atomic E-state index is 11.8. The summed E-state index contributed by atoms with van der Waals surface area (Å²) in [7, 11) is -3.81. The lowest BCUT2D eigenvalue weighted by Crippen LogP contribution is -2.48. The van der Waals surface area contributed by atoms with Crippen molar-refractivity contribution in [2.45, 2.75) is 59.8 Å². The molecule has 1 unspecified atom stereocenters. The van der Waals surface area contributed by atoms with Gasteiger partial charge < -0.3 is 20.1 Å². The minimum Gasteiger partial charge on any atom is -0.425 e. The summed E-state index contributed by atoms with van der Waals surface area (Å²) in [5, 5.41) is 4.93. The van der Waals surface area contributed by atoms with E-state index in [0.717, 1.165) is 0 Å². The first-order chi connectivity index (χ1) is 12.2. The molecule has 0 heterocycles. The highest BCUT2D eigenvalue weighted by Crippen LogP contribution is 2.09. The first kappa shape index (κ1) is 25.1. The summed E-state index contributed by atoms with van der Waals surface area (Å²) in [6.07, 6.45) is -1.76. The summed E-state index contributed by atoms with van der Waals surface area (Å²) in [6.45, 7) is 9.02. The average Bonchev–Trinajstić information content (AvgIpc) is 2.48. The van der Waals surface area contributed by atoms with E-state index in [1.807, 2.05) is 0 Å². The van der Waals surface area contributed by atoms with Crippen molar-refractivity contribution >= 4 is 28.1 Å². The summed E-state index contributed by atoms with van der Waals surface area (Å²) in [6, 6.07) is 0. The van der Waals surface area contributed by atoms with Gasteiger partial charge in [0.2, 0.25) is 12.2 Å². The molecule has 0 spiro atoms. The first-order valence-electron chi connectivity index (χ1n) is 8.55. The highest BCUT2D eigenvalue weighted by Gasteiger charge is 2.26. The highest BCUT2D eigenvalue weighted by molar-refractivity contribution is 7.86. The maximum Gasteiger partial charge on any atom is 0.410 e. The largest absolute Gasteiger partial charge is 0.425 e. The fourth-order valence-electron chi connectivity index (χ4n) is 1.63. The van der Waals surface area contributed by atoms with Crippen LogP contribution < -0.4 is 10.6 Å². The Balaban J connectivity index is 4.35. The van der Waals surface area contributed by atoms with E-state index in [-0.39, 0.29) is 37.2 Å². The third-order valence-electron chi connectivity index (χ3n) is 3.01. The van der Waals surface area contributed by atoms with Crippen LogP contribution in [0.25, 0.3) is 0 Å². The molecular formula is C16H30N2O8S. The second-order valence-corrected chi connectivity index (χ2v) is 8.69. The molecule has 1 atom stereocenters. The predicted molar refractivity (Wildman–Crippen MR) is 97.1 cm³/mol. The van der Waals surface area contributed by atoms with Gasteiger partial charge in [0.1, 0.15) is 0 Å². The molecule has 158 valence electrons. The molecule has 0 bridgehead atoms. The molecule has 27 heavy (non-hydrogen) atoms. The number of esters is 1. The van der Waals surface area contributed by atoms with Crippen LogP contribution in [0, 0.1) is 5.92 Å². The summed E-state index contributed by atoms with van der Waals surface area (Å²) in [4.78, 5) is 34.0. The van der Waals surface area contributed by atoms with Crippen molar-refractivity contribution in [2.75, 3.05) is 18.9 Å². The fourth-order valence-corrected chi connectivity index (χ4v) is 2.72. The van der Waals surface area contributed by atoms with Crippen molar-refractivity contribution < 1.29 is 36.5 Å². The monoisotopic (exact) mass is 410 g/mol. The van der Waals surface area contributed by atoms with Gasteiger partial charge >= 0.3 is 12.1 Å². The number of amides is 2. The molecule has 2 amide bonds. The van der Waals surface area contributed by atoms with Crippen molar-refractivity contribution in [1.82, 2.24) is 10.6 Å². The van der Waals surface area contributed by atoms with Crippen molar-refractivity contribution in [3.8, 4) is 0 Å². The number of carbonyl (C=O) groups excluding carboxylic acids is 3. The Labute approximate surface area is 160 Å². The van der Waals surface area contributed by atoms with Gasteiger partial charge in [0.25, 0.3) is 10.1 Å². The molecule has 0 saturated carbocycles. The minimum atomic E-state index is -3.81. The number of ether oxygens (including phenoxy) is 2. The molecule has 0 radical (unpaired) electrons. The van der Waals surface area contributed by atoms with Gasteiger partial charge in [-0.25, -0.2) is 4.79 Å². The molecule has 0 rings (SSSR count). The van der Waals surface area contributed by atoms with Gasteiger partial charge in [-0.2, -0.15) is 8.42 Å². The van der Waals surface area contributed by atoms with Crippen molar-refractivity contribution in [2.24, 2.45) is 5.92 Å². The second-order valence-electron chi connectivity index (χ2n) is 6.93. The van der Waals surface area contributed by atoms with E-state index >= 15 is 0 Å². The third kappa shape index (κ3) is 13.0. The van der Waals surface area contributed by atoms with E-state index in [1.165, 1.54) is 13.8 Å². The molecule has 0 saturated heterocycles. The number of nitrogens with one attached hydrogen (secondary N) is 2. The fraction of sp³-hybridized carbons (Fsp3) is 0.812. The van der Waals surface area contributed by atoms with Crippen molar-refractivity contribution in [3.05, 3.63) is 0 Å². The van der Waals surface area contributed by atoms with Crippen LogP contribution in [0.15, 0.2) is 0 Å². The van der Waals surface area contributed by atoms with Crippen LogP contribution in [0.5, 0.6) is 0 Å². The number of carbonyl (C=O) groups is 3. The molecule has 0 aliphatic carbocycles. The van der Waals surface area contributed by atoms with E-state index in [9.17, 15) is 22.8 Å². The molecule has 0 aliphatic rings. The van der Waals surface area contributed by atoms with Gasteiger partial charge in [-0.1, -0.05) is 13.8 Å². The van der Waals surface area contributed by atoms with E-state index in [0.29, 0.717) is 0 Å². The zero-order chi connectivity index (χ0) is 21.3. The Morgan fingerprint density at radius 1 is 1.07 bits per heavy atom. The molecule has 11 heteroatoms. The lowest BCUT2D eigenvalue weighted by molar-refractivity contribution is -0.168. The smallest absolute Gasteiger partial charge is 0.410 e. The summed E-state index contributed by atoms with van der Waals surface area (Å²) in [5.74, 6) is -1.38. The van der Waals surface area contributed by atoms with Gasteiger partial charge in [-0.3, -0.25) is 13.8 Å². The standard InChI is InChI=1S/C16H30N2O8S/c1-11(2)14(20)25-13(4)26-15(21)18-16(5,6)10-24-27(22,23)9-7-8-17-12(3)19/h11,13H,7-10H2,1-6H3,(H,17,19)(H,18,21). The van der Waals surface area contributed by atoms with Crippen LogP contribution in [0.2, 0.25) is 0 Å². The predicted octanol–water partition coefficient (Wildman–Crippen LogP) is 0.909. The SMILES string of the molecule is CC(=O)NCCCS(=O)(=O)OCC(C)(C)NC(=O)OC(C)OC(=O)C(C)C. The van der Waals surface area contributed by atoms with E-state index in [2.05, 4.69) is 10.6 Å². The van der Waals surface area contributed by atoms with E-state index in [4.69, 9.17) is 13.7 Å². The number of hydrogen-bond donors (Lipinski definition) is 2. The molecule has 0 aromatic heterocycles. The Bertz CT molecular complexity index is 616. The van der Waals surface area contributed by atoms with Crippen LogP contribution >= 0.6 is 0 Å². The van der Waals surface area contributed by atoms with E-state index < -0.39 is 34.0 Å².